The zero-order valence-electron chi connectivity index (χ0n) is 8.34. The van der Waals surface area contributed by atoms with Crippen molar-refractivity contribution >= 4 is 31.6 Å². The van der Waals surface area contributed by atoms with Gasteiger partial charge in [0.05, 0.1) is 4.90 Å². The van der Waals surface area contributed by atoms with Crippen molar-refractivity contribution in [1.29, 1.82) is 0 Å². The third-order valence-corrected chi connectivity index (χ3v) is 3.77. The summed E-state index contributed by atoms with van der Waals surface area (Å²) in [6, 6.07) is 12.9. The van der Waals surface area contributed by atoms with Gasteiger partial charge < -0.3 is 0 Å². The minimum absolute atomic E-state index is 0.200. The number of rotatable bonds is 1. The Morgan fingerprint density at radius 3 is 2.12 bits per heavy atom. The average Bonchev–Trinajstić information content (AvgIpc) is 2.29. The highest BCUT2D eigenvalue weighted by molar-refractivity contribution is 7.89. The van der Waals surface area contributed by atoms with Gasteiger partial charge in [-0.15, -0.1) is 0 Å². The highest BCUT2D eigenvalue weighted by atomic mass is 32.2. The van der Waals surface area contributed by atoms with Crippen LogP contribution in [0.25, 0.3) is 21.5 Å². The Morgan fingerprint density at radius 1 is 0.875 bits per heavy atom. The van der Waals surface area contributed by atoms with E-state index in [9.17, 15) is 8.42 Å². The molecule has 3 nitrogen and oxygen atoms in total. The van der Waals surface area contributed by atoms with Crippen LogP contribution in [0.1, 0.15) is 0 Å². The summed E-state index contributed by atoms with van der Waals surface area (Å²) in [5.74, 6) is 0. The van der Waals surface area contributed by atoms with Crippen LogP contribution in [-0.4, -0.2) is 8.42 Å². The predicted octanol–water partition coefficient (Wildman–Crippen LogP) is 2.08. The molecule has 80 valence electrons. The quantitative estimate of drug-likeness (QED) is 0.697. The van der Waals surface area contributed by atoms with Crippen molar-refractivity contribution in [3.05, 3.63) is 42.5 Å². The topological polar surface area (TPSA) is 60.2 Å². The van der Waals surface area contributed by atoms with Gasteiger partial charge in [0.25, 0.3) is 0 Å². The SMILES string of the molecule is NS(=O)(=O)c1cccc2c3ccc(cc3)c12. The van der Waals surface area contributed by atoms with Crippen molar-refractivity contribution in [2.75, 3.05) is 0 Å². The molecule has 0 aliphatic heterocycles. The van der Waals surface area contributed by atoms with Gasteiger partial charge in [-0.2, -0.15) is 0 Å². The molecule has 0 unspecified atom stereocenters. The molecule has 0 saturated carbocycles. The van der Waals surface area contributed by atoms with E-state index in [1.165, 1.54) is 0 Å². The van der Waals surface area contributed by atoms with E-state index < -0.39 is 10.0 Å². The molecule has 16 heavy (non-hydrogen) atoms. The molecule has 0 aliphatic carbocycles. The Balaban J connectivity index is 2.64. The fourth-order valence-electron chi connectivity index (χ4n) is 2.12. The molecule has 4 heteroatoms. The van der Waals surface area contributed by atoms with E-state index in [1.807, 2.05) is 30.3 Å². The molecule has 4 aromatic carbocycles. The highest BCUT2D eigenvalue weighted by Crippen LogP contribution is 2.32. The Hall–Kier alpha value is -1.65. The van der Waals surface area contributed by atoms with Gasteiger partial charge in [-0.05, 0) is 22.2 Å². The third kappa shape index (κ3) is 1.20. The van der Waals surface area contributed by atoms with Crippen LogP contribution in [0.15, 0.2) is 47.4 Å². The van der Waals surface area contributed by atoms with Crippen LogP contribution >= 0.6 is 0 Å². The lowest BCUT2D eigenvalue weighted by Gasteiger charge is -2.09. The number of hydrogen-bond donors (Lipinski definition) is 1. The van der Waals surface area contributed by atoms with Crippen LogP contribution in [0.3, 0.4) is 0 Å². The van der Waals surface area contributed by atoms with Gasteiger partial charge in [-0.1, -0.05) is 36.4 Å². The fourth-order valence-corrected chi connectivity index (χ4v) is 2.90. The third-order valence-electron chi connectivity index (χ3n) is 2.82. The average molecular weight is 231 g/mol. The van der Waals surface area contributed by atoms with E-state index in [1.54, 1.807) is 12.1 Å². The summed E-state index contributed by atoms with van der Waals surface area (Å²) in [5.41, 5.74) is 0. The summed E-state index contributed by atoms with van der Waals surface area (Å²) in [7, 11) is -3.67. The van der Waals surface area contributed by atoms with Crippen molar-refractivity contribution in [3.8, 4) is 0 Å². The van der Waals surface area contributed by atoms with E-state index in [4.69, 9.17) is 5.14 Å². The van der Waals surface area contributed by atoms with Crippen molar-refractivity contribution < 1.29 is 8.42 Å². The summed E-state index contributed by atoms with van der Waals surface area (Å²) in [5, 5.41) is 8.80. The molecule has 0 fully saturated rings. The predicted molar refractivity (Wildman–Crippen MR) is 64.0 cm³/mol. The second kappa shape index (κ2) is 2.93. The number of hydrogen-bond acceptors (Lipinski definition) is 2. The molecule has 0 spiro atoms. The first-order valence-electron chi connectivity index (χ1n) is 4.84. The molecule has 0 aliphatic rings. The summed E-state index contributed by atoms with van der Waals surface area (Å²) in [4.78, 5) is 0.200. The normalized spacial score (nSPS) is 12.6. The first-order chi connectivity index (χ1) is 7.57. The Morgan fingerprint density at radius 2 is 1.50 bits per heavy atom. The standard InChI is InChI=1S/C12H9NO2S/c13-16(14,15)11-3-1-2-10-8-4-6-9(7-5-8)12(10)11/h1-7H,(H2,13,14,15). The molecular weight excluding hydrogens is 222 g/mol. The molecule has 0 aromatic heterocycles. The van der Waals surface area contributed by atoms with Gasteiger partial charge in [0.15, 0.2) is 0 Å². The minimum atomic E-state index is -3.67. The second-order valence-corrected chi connectivity index (χ2v) is 5.33. The maximum Gasteiger partial charge on any atom is 0.238 e. The van der Waals surface area contributed by atoms with Gasteiger partial charge in [-0.3, -0.25) is 0 Å². The van der Waals surface area contributed by atoms with E-state index in [0.29, 0.717) is 0 Å². The number of primary sulfonamides is 1. The number of nitrogens with two attached hydrogens (primary N) is 1. The summed E-state index contributed by atoms with van der Waals surface area (Å²) in [6.07, 6.45) is 0. The lowest BCUT2D eigenvalue weighted by molar-refractivity contribution is 0.598. The Bertz CT molecular complexity index is 757. The minimum Gasteiger partial charge on any atom is -0.225 e. The van der Waals surface area contributed by atoms with Crippen LogP contribution in [0.5, 0.6) is 0 Å². The molecule has 0 saturated heterocycles. The molecule has 4 rings (SSSR count). The zero-order chi connectivity index (χ0) is 11.3. The lowest BCUT2D eigenvalue weighted by Crippen LogP contribution is -2.12. The molecule has 4 aromatic rings. The highest BCUT2D eigenvalue weighted by Gasteiger charge is 2.14. The van der Waals surface area contributed by atoms with Crippen LogP contribution < -0.4 is 5.14 Å². The number of fused-ring (bicyclic) bond motifs is 2. The van der Waals surface area contributed by atoms with E-state index in [-0.39, 0.29) is 4.90 Å². The van der Waals surface area contributed by atoms with E-state index in [2.05, 4.69) is 0 Å². The maximum absolute atomic E-state index is 11.5. The van der Waals surface area contributed by atoms with Crippen LogP contribution in [0, 0.1) is 0 Å². The van der Waals surface area contributed by atoms with E-state index in [0.717, 1.165) is 21.5 Å². The summed E-state index contributed by atoms with van der Waals surface area (Å²) >= 11 is 0. The van der Waals surface area contributed by atoms with Gasteiger partial charge in [0.2, 0.25) is 10.0 Å². The Kier molecular flexibility index (Phi) is 1.75. The molecule has 0 amide bonds. The van der Waals surface area contributed by atoms with E-state index >= 15 is 0 Å². The second-order valence-electron chi connectivity index (χ2n) is 3.80. The lowest BCUT2D eigenvalue weighted by atomic mass is 10.00. The first-order valence-corrected chi connectivity index (χ1v) is 6.38. The maximum atomic E-state index is 11.5. The van der Waals surface area contributed by atoms with Crippen LogP contribution in [0.2, 0.25) is 0 Å². The van der Waals surface area contributed by atoms with Crippen molar-refractivity contribution in [3.63, 3.8) is 0 Å². The van der Waals surface area contributed by atoms with Gasteiger partial charge in [0, 0.05) is 5.39 Å². The fraction of sp³-hybridized carbons (Fsp3) is 0. The molecule has 2 N–H and O–H groups in total. The smallest absolute Gasteiger partial charge is 0.225 e. The summed E-state index contributed by atoms with van der Waals surface area (Å²) < 4.78 is 23.0. The monoisotopic (exact) mass is 231 g/mol. The van der Waals surface area contributed by atoms with Crippen LogP contribution in [-0.2, 0) is 10.0 Å². The van der Waals surface area contributed by atoms with Gasteiger partial charge >= 0.3 is 0 Å². The molecule has 0 heterocycles. The van der Waals surface area contributed by atoms with Crippen molar-refractivity contribution in [2.45, 2.75) is 4.90 Å². The largest absolute Gasteiger partial charge is 0.238 e. The number of benzene rings is 4. The molecule has 0 radical (unpaired) electrons. The van der Waals surface area contributed by atoms with Gasteiger partial charge in [-0.25, -0.2) is 13.6 Å². The summed E-state index contributed by atoms with van der Waals surface area (Å²) in [6.45, 7) is 0. The molecular formula is C12H9NO2S. The zero-order valence-corrected chi connectivity index (χ0v) is 9.16. The van der Waals surface area contributed by atoms with Crippen molar-refractivity contribution in [1.82, 2.24) is 0 Å². The van der Waals surface area contributed by atoms with Crippen LogP contribution in [0.4, 0.5) is 0 Å². The van der Waals surface area contributed by atoms with Crippen molar-refractivity contribution in [2.24, 2.45) is 5.14 Å². The molecule has 2 bridgehead atoms. The first kappa shape index (κ1) is 9.57. The Labute approximate surface area is 92.9 Å². The van der Waals surface area contributed by atoms with Gasteiger partial charge in [0.1, 0.15) is 0 Å². The molecule has 0 atom stereocenters. The number of sulfonamides is 1.